The van der Waals surface area contributed by atoms with Gasteiger partial charge in [0.1, 0.15) is 29.7 Å². The third kappa shape index (κ3) is 4.09. The third-order valence-corrected chi connectivity index (χ3v) is 5.51. The van der Waals surface area contributed by atoms with Crippen molar-refractivity contribution in [3.8, 4) is 35.3 Å². The van der Waals surface area contributed by atoms with E-state index < -0.39 is 6.10 Å². The van der Waals surface area contributed by atoms with Gasteiger partial charge in [0.05, 0.1) is 5.56 Å². The Morgan fingerprint density at radius 2 is 2.16 bits per heavy atom. The Morgan fingerprint density at radius 1 is 1.39 bits per heavy atom. The lowest BCUT2D eigenvalue weighted by molar-refractivity contribution is -0.141. The standard InChI is InChI=1S/C24H22N4O3/c1-3-16-10-20-21(14-27-23(20)26-13-16)17-4-5-22(18(11-17)12-25)31-19-6-8-28(9-7-19)24(30)15(2)29/h1,4-5,10-11,13-15,19,29H,6-9H2,2H3,(H,26,27). The van der Waals surface area contributed by atoms with Gasteiger partial charge in [-0.15, -0.1) is 6.42 Å². The van der Waals surface area contributed by atoms with E-state index in [9.17, 15) is 15.2 Å². The third-order valence-electron chi connectivity index (χ3n) is 5.51. The van der Waals surface area contributed by atoms with Crippen LogP contribution in [0, 0.1) is 23.7 Å². The van der Waals surface area contributed by atoms with Crippen molar-refractivity contribution in [2.75, 3.05) is 13.1 Å². The second-order valence-corrected chi connectivity index (χ2v) is 7.61. The minimum absolute atomic E-state index is 0.0912. The molecule has 0 aliphatic carbocycles. The van der Waals surface area contributed by atoms with Crippen LogP contribution in [0.15, 0.2) is 36.7 Å². The molecule has 3 heterocycles. The number of benzene rings is 1. The van der Waals surface area contributed by atoms with Crippen LogP contribution in [0.25, 0.3) is 22.2 Å². The molecule has 2 aromatic heterocycles. The predicted octanol–water partition coefficient (Wildman–Crippen LogP) is 2.83. The van der Waals surface area contributed by atoms with E-state index in [0.717, 1.165) is 22.2 Å². The number of fused-ring (bicyclic) bond motifs is 1. The average Bonchev–Trinajstić information content (AvgIpc) is 3.22. The number of H-pyrrole nitrogens is 1. The molecule has 0 saturated carbocycles. The number of piperidine rings is 1. The summed E-state index contributed by atoms with van der Waals surface area (Å²) in [5.74, 6) is 2.85. The Labute approximate surface area is 180 Å². The van der Waals surface area contributed by atoms with Crippen molar-refractivity contribution < 1.29 is 14.6 Å². The number of aliphatic hydroxyl groups excluding tert-OH is 1. The van der Waals surface area contributed by atoms with Crippen molar-refractivity contribution in [3.05, 3.63) is 47.8 Å². The molecule has 0 radical (unpaired) electrons. The van der Waals surface area contributed by atoms with Gasteiger partial charge in [0.2, 0.25) is 0 Å². The molecule has 1 atom stereocenters. The number of pyridine rings is 1. The summed E-state index contributed by atoms with van der Waals surface area (Å²) in [7, 11) is 0. The van der Waals surface area contributed by atoms with Crippen LogP contribution in [0.4, 0.5) is 0 Å². The van der Waals surface area contributed by atoms with E-state index in [2.05, 4.69) is 22.0 Å². The van der Waals surface area contributed by atoms with Crippen LogP contribution < -0.4 is 4.74 Å². The molecule has 1 aliphatic rings. The molecule has 1 unspecified atom stereocenters. The largest absolute Gasteiger partial charge is 0.489 e. The summed E-state index contributed by atoms with van der Waals surface area (Å²) in [6.07, 6.45) is 9.20. The molecular weight excluding hydrogens is 392 g/mol. The number of hydrogen-bond donors (Lipinski definition) is 2. The lowest BCUT2D eigenvalue weighted by Crippen LogP contribution is -2.45. The summed E-state index contributed by atoms with van der Waals surface area (Å²) in [5.41, 5.74) is 3.63. The number of likely N-dealkylation sites (tertiary alicyclic amines) is 1. The number of ether oxygens (including phenoxy) is 1. The van der Waals surface area contributed by atoms with Gasteiger partial charge in [-0.3, -0.25) is 4.79 Å². The number of rotatable bonds is 4. The molecule has 1 amide bonds. The van der Waals surface area contributed by atoms with Crippen molar-refractivity contribution in [1.82, 2.24) is 14.9 Å². The van der Waals surface area contributed by atoms with Gasteiger partial charge in [-0.05, 0) is 30.7 Å². The molecule has 2 N–H and O–H groups in total. The predicted molar refractivity (Wildman–Crippen MR) is 116 cm³/mol. The van der Waals surface area contributed by atoms with Crippen molar-refractivity contribution in [2.24, 2.45) is 0 Å². The van der Waals surface area contributed by atoms with Crippen LogP contribution in [-0.4, -0.2) is 51.2 Å². The van der Waals surface area contributed by atoms with Crippen LogP contribution >= 0.6 is 0 Å². The van der Waals surface area contributed by atoms with E-state index in [0.29, 0.717) is 42.8 Å². The van der Waals surface area contributed by atoms with Crippen LogP contribution in [0.2, 0.25) is 0 Å². The number of aliphatic hydroxyl groups is 1. The number of terminal acetylenes is 1. The Morgan fingerprint density at radius 3 is 2.84 bits per heavy atom. The van der Waals surface area contributed by atoms with Crippen LogP contribution in [-0.2, 0) is 4.79 Å². The lowest BCUT2D eigenvalue weighted by atomic mass is 10.0. The minimum Gasteiger partial charge on any atom is -0.489 e. The van der Waals surface area contributed by atoms with Crippen molar-refractivity contribution >= 4 is 16.9 Å². The van der Waals surface area contributed by atoms with Crippen molar-refractivity contribution in [3.63, 3.8) is 0 Å². The fourth-order valence-electron chi connectivity index (χ4n) is 3.85. The van der Waals surface area contributed by atoms with Gasteiger partial charge in [-0.2, -0.15) is 5.26 Å². The number of nitrogens with one attached hydrogen (secondary N) is 1. The molecule has 7 nitrogen and oxygen atoms in total. The fourth-order valence-corrected chi connectivity index (χ4v) is 3.85. The Hall–Kier alpha value is -3.81. The normalized spacial score (nSPS) is 15.3. The number of nitrogens with zero attached hydrogens (tertiary/aromatic N) is 3. The lowest BCUT2D eigenvalue weighted by Gasteiger charge is -2.33. The first-order valence-electron chi connectivity index (χ1n) is 10.1. The van der Waals surface area contributed by atoms with Crippen LogP contribution in [0.3, 0.4) is 0 Å². The average molecular weight is 414 g/mol. The van der Waals surface area contributed by atoms with Crippen LogP contribution in [0.5, 0.6) is 5.75 Å². The molecular formula is C24H22N4O3. The smallest absolute Gasteiger partial charge is 0.251 e. The Balaban J connectivity index is 1.53. The maximum absolute atomic E-state index is 11.9. The van der Waals surface area contributed by atoms with E-state index in [1.165, 1.54) is 6.92 Å². The number of carbonyl (C=O) groups excluding carboxylic acids is 1. The number of amides is 1. The maximum Gasteiger partial charge on any atom is 0.251 e. The molecule has 0 bridgehead atoms. The van der Waals surface area contributed by atoms with E-state index in [1.807, 2.05) is 18.3 Å². The first-order valence-corrected chi connectivity index (χ1v) is 10.1. The summed E-state index contributed by atoms with van der Waals surface area (Å²) < 4.78 is 6.09. The Kier molecular flexibility index (Phi) is 5.62. The van der Waals surface area contributed by atoms with Gasteiger partial charge < -0.3 is 19.7 Å². The molecule has 3 aromatic rings. The highest BCUT2D eigenvalue weighted by atomic mass is 16.5. The molecule has 156 valence electrons. The summed E-state index contributed by atoms with van der Waals surface area (Å²) in [6, 6.07) is 9.63. The SMILES string of the molecule is C#Cc1cnc2[nH]cc(-c3ccc(OC4CCN(C(=O)C(C)O)CC4)c(C#N)c3)c2c1. The highest BCUT2D eigenvalue weighted by Gasteiger charge is 2.26. The number of aromatic amines is 1. The molecule has 1 fully saturated rings. The van der Waals surface area contributed by atoms with E-state index in [-0.39, 0.29) is 12.0 Å². The summed E-state index contributed by atoms with van der Waals surface area (Å²) in [6.45, 7) is 2.52. The molecule has 1 aromatic carbocycles. The highest BCUT2D eigenvalue weighted by molar-refractivity contribution is 5.94. The topological polar surface area (TPSA) is 102 Å². The summed E-state index contributed by atoms with van der Waals surface area (Å²) >= 11 is 0. The summed E-state index contributed by atoms with van der Waals surface area (Å²) in [5, 5.41) is 20.0. The first-order chi connectivity index (χ1) is 15.0. The van der Waals surface area contributed by atoms with Crippen LogP contribution in [0.1, 0.15) is 30.9 Å². The van der Waals surface area contributed by atoms with Gasteiger partial charge in [0.25, 0.3) is 5.91 Å². The molecule has 4 rings (SSSR count). The van der Waals surface area contributed by atoms with Gasteiger partial charge in [-0.25, -0.2) is 4.98 Å². The second kappa shape index (κ2) is 8.51. The molecule has 31 heavy (non-hydrogen) atoms. The molecule has 1 saturated heterocycles. The van der Waals surface area contributed by atoms with Gasteiger partial charge in [0, 0.05) is 54.8 Å². The van der Waals surface area contributed by atoms with Gasteiger partial charge >= 0.3 is 0 Å². The highest BCUT2D eigenvalue weighted by Crippen LogP contribution is 2.32. The number of carbonyl (C=O) groups is 1. The zero-order chi connectivity index (χ0) is 22.0. The zero-order valence-corrected chi connectivity index (χ0v) is 17.1. The van der Waals surface area contributed by atoms with E-state index in [1.54, 1.807) is 23.2 Å². The molecule has 0 spiro atoms. The summed E-state index contributed by atoms with van der Waals surface area (Å²) in [4.78, 5) is 21.0. The zero-order valence-electron chi connectivity index (χ0n) is 17.1. The van der Waals surface area contributed by atoms with Crippen molar-refractivity contribution in [1.29, 1.82) is 5.26 Å². The fraction of sp³-hybridized carbons (Fsp3) is 0.292. The van der Waals surface area contributed by atoms with Crippen molar-refractivity contribution in [2.45, 2.75) is 32.0 Å². The number of hydrogen-bond acceptors (Lipinski definition) is 5. The molecule has 7 heteroatoms. The molecule has 1 aliphatic heterocycles. The number of aromatic nitrogens is 2. The maximum atomic E-state index is 11.9. The Bertz CT molecular complexity index is 1210. The van der Waals surface area contributed by atoms with Gasteiger partial charge in [0.15, 0.2) is 0 Å². The van der Waals surface area contributed by atoms with E-state index >= 15 is 0 Å². The number of nitriles is 1. The first kappa shape index (κ1) is 20.5. The van der Waals surface area contributed by atoms with Gasteiger partial charge in [-0.1, -0.05) is 12.0 Å². The van der Waals surface area contributed by atoms with E-state index in [4.69, 9.17) is 11.2 Å². The minimum atomic E-state index is -0.994. The monoisotopic (exact) mass is 414 g/mol. The quantitative estimate of drug-likeness (QED) is 0.639. The second-order valence-electron chi connectivity index (χ2n) is 7.61.